The molecule has 1 aromatic rings. The molecule has 35 heavy (non-hydrogen) atoms. The summed E-state index contributed by atoms with van der Waals surface area (Å²) in [6, 6.07) is -4.59. The Bertz CT molecular complexity index is 874. The molecule has 0 aliphatic rings. The van der Waals surface area contributed by atoms with Crippen LogP contribution >= 0.6 is 0 Å². The van der Waals surface area contributed by atoms with Crippen molar-refractivity contribution in [2.45, 2.75) is 77.5 Å². The van der Waals surface area contributed by atoms with Crippen molar-refractivity contribution in [3.63, 3.8) is 0 Å². The van der Waals surface area contributed by atoms with Crippen molar-refractivity contribution in [1.29, 1.82) is 0 Å². The molecule has 0 aromatic carbocycles. The van der Waals surface area contributed by atoms with Crippen LogP contribution in [0.5, 0.6) is 0 Å². The Hall–Kier alpha value is -3.48. The number of amides is 4. The van der Waals surface area contributed by atoms with Crippen molar-refractivity contribution in [3.05, 3.63) is 18.2 Å². The summed E-state index contributed by atoms with van der Waals surface area (Å²) < 4.78 is 0. The number of hydrogen-bond donors (Lipinski definition) is 7. The van der Waals surface area contributed by atoms with Gasteiger partial charge in [0.1, 0.15) is 18.1 Å². The van der Waals surface area contributed by atoms with Crippen LogP contribution in [0.2, 0.25) is 0 Å². The fraction of sp³-hybridized carbons (Fsp3) is 0.636. The van der Waals surface area contributed by atoms with Crippen molar-refractivity contribution in [1.82, 2.24) is 25.9 Å². The highest BCUT2D eigenvalue weighted by Gasteiger charge is 2.33. The molecule has 1 heterocycles. The van der Waals surface area contributed by atoms with E-state index in [1.54, 1.807) is 6.92 Å². The number of carbonyl (C=O) groups is 5. The molecular formula is C22H37N7O6. The molecule has 5 atom stereocenters. The minimum Gasteiger partial charge on any atom is -0.480 e. The van der Waals surface area contributed by atoms with E-state index in [-0.39, 0.29) is 18.3 Å². The largest absolute Gasteiger partial charge is 0.480 e. The summed E-state index contributed by atoms with van der Waals surface area (Å²) in [5, 5.41) is 16.8. The fourth-order valence-corrected chi connectivity index (χ4v) is 3.34. The van der Waals surface area contributed by atoms with E-state index in [1.165, 1.54) is 12.5 Å². The Kier molecular flexibility index (Phi) is 11.9. The van der Waals surface area contributed by atoms with Crippen molar-refractivity contribution < 1.29 is 29.1 Å². The van der Waals surface area contributed by atoms with Gasteiger partial charge in [-0.1, -0.05) is 34.1 Å². The van der Waals surface area contributed by atoms with Gasteiger partial charge in [0.15, 0.2) is 0 Å². The van der Waals surface area contributed by atoms with E-state index < -0.39 is 60.2 Å². The average Bonchev–Trinajstić information content (AvgIpc) is 3.27. The molecule has 0 spiro atoms. The highest BCUT2D eigenvalue weighted by Crippen LogP contribution is 2.11. The summed E-state index contributed by atoms with van der Waals surface area (Å²) >= 11 is 0. The molecule has 4 amide bonds. The van der Waals surface area contributed by atoms with E-state index in [2.05, 4.69) is 25.9 Å². The smallest absolute Gasteiger partial charge is 0.326 e. The van der Waals surface area contributed by atoms with Crippen LogP contribution in [0.3, 0.4) is 0 Å². The van der Waals surface area contributed by atoms with Crippen molar-refractivity contribution >= 4 is 29.6 Å². The number of aromatic amines is 1. The molecule has 0 saturated carbocycles. The molecule has 0 aliphatic heterocycles. The summed E-state index contributed by atoms with van der Waals surface area (Å²) in [5.74, 6) is -4.43. The lowest BCUT2D eigenvalue weighted by Crippen LogP contribution is -2.59. The van der Waals surface area contributed by atoms with Gasteiger partial charge in [0.05, 0.1) is 18.8 Å². The molecule has 1 aromatic heterocycles. The zero-order valence-corrected chi connectivity index (χ0v) is 20.5. The summed E-state index contributed by atoms with van der Waals surface area (Å²) in [7, 11) is 0. The molecule has 1 rings (SSSR count). The number of carboxylic acid groups (broad SMARTS) is 1. The van der Waals surface area contributed by atoms with Gasteiger partial charge in [-0.2, -0.15) is 0 Å². The van der Waals surface area contributed by atoms with E-state index >= 15 is 0 Å². The molecule has 0 bridgehead atoms. The van der Waals surface area contributed by atoms with Crippen LogP contribution in [0.1, 0.15) is 52.7 Å². The number of nitrogens with zero attached hydrogens (tertiary/aromatic N) is 1. The second-order valence-corrected chi connectivity index (χ2v) is 9.02. The van der Waals surface area contributed by atoms with Gasteiger partial charge in [-0.05, 0) is 18.3 Å². The number of nitrogens with two attached hydrogens (primary N) is 2. The van der Waals surface area contributed by atoms with E-state index in [0.29, 0.717) is 18.5 Å². The normalized spacial score (nSPS) is 15.4. The maximum absolute atomic E-state index is 13.2. The topological polar surface area (TPSA) is 222 Å². The zero-order valence-electron chi connectivity index (χ0n) is 20.5. The summed E-state index contributed by atoms with van der Waals surface area (Å²) in [4.78, 5) is 68.1. The predicted octanol–water partition coefficient (Wildman–Crippen LogP) is -1.21. The number of H-pyrrole nitrogens is 1. The van der Waals surface area contributed by atoms with Crippen LogP contribution in [-0.2, 0) is 30.4 Å². The second-order valence-electron chi connectivity index (χ2n) is 9.02. The van der Waals surface area contributed by atoms with Gasteiger partial charge >= 0.3 is 5.97 Å². The Balaban J connectivity index is 3.09. The van der Waals surface area contributed by atoms with E-state index in [1.807, 2.05) is 20.8 Å². The fourth-order valence-electron chi connectivity index (χ4n) is 3.34. The third-order valence-electron chi connectivity index (χ3n) is 5.49. The number of rotatable bonds is 15. The maximum atomic E-state index is 13.2. The highest BCUT2D eigenvalue weighted by atomic mass is 16.4. The van der Waals surface area contributed by atoms with Crippen molar-refractivity contribution in [2.24, 2.45) is 23.3 Å². The highest BCUT2D eigenvalue weighted by molar-refractivity contribution is 5.95. The zero-order chi connectivity index (χ0) is 26.7. The molecule has 0 aliphatic carbocycles. The van der Waals surface area contributed by atoms with Gasteiger partial charge in [-0.15, -0.1) is 0 Å². The van der Waals surface area contributed by atoms with Gasteiger partial charge < -0.3 is 37.5 Å². The van der Waals surface area contributed by atoms with Crippen LogP contribution < -0.4 is 27.4 Å². The SMILES string of the molecule is CCC(C)C(NC(=O)C(N)CC(C)C)C(=O)NC(Cc1cnc[nH]1)C(=O)NC(CC(N)=O)C(=O)O. The van der Waals surface area contributed by atoms with E-state index in [4.69, 9.17) is 11.5 Å². The van der Waals surface area contributed by atoms with Crippen LogP contribution in [-0.4, -0.2) is 68.8 Å². The second kappa shape index (κ2) is 14.0. The van der Waals surface area contributed by atoms with Crippen molar-refractivity contribution in [2.75, 3.05) is 0 Å². The van der Waals surface area contributed by atoms with Gasteiger partial charge in [0.25, 0.3) is 0 Å². The van der Waals surface area contributed by atoms with Gasteiger partial charge in [0.2, 0.25) is 23.6 Å². The number of carbonyl (C=O) groups excluding carboxylic acids is 4. The van der Waals surface area contributed by atoms with Crippen LogP contribution in [0.25, 0.3) is 0 Å². The number of nitrogens with one attached hydrogen (secondary N) is 4. The number of carboxylic acids is 1. The Labute approximate surface area is 204 Å². The first-order chi connectivity index (χ1) is 16.3. The van der Waals surface area contributed by atoms with E-state index in [0.717, 1.165) is 0 Å². The standard InChI is InChI=1S/C22H37N7O6/c1-5-12(4)18(29-19(31)14(23)6-11(2)3)21(33)27-15(7-13-9-25-10-26-13)20(32)28-16(22(34)35)8-17(24)30/h9-12,14-16,18H,5-8,23H2,1-4H3,(H2,24,30)(H,25,26)(H,27,33)(H,28,32)(H,29,31)(H,34,35). The summed E-state index contributed by atoms with van der Waals surface area (Å²) in [6.45, 7) is 7.47. The third-order valence-corrected chi connectivity index (χ3v) is 5.49. The van der Waals surface area contributed by atoms with Gasteiger partial charge in [0, 0.05) is 18.3 Å². The molecule has 0 radical (unpaired) electrons. The molecule has 196 valence electrons. The Morgan fingerprint density at radius 3 is 2.14 bits per heavy atom. The number of aromatic nitrogens is 2. The number of hydrogen-bond acceptors (Lipinski definition) is 7. The van der Waals surface area contributed by atoms with Crippen LogP contribution in [0.15, 0.2) is 12.5 Å². The first-order valence-electron chi connectivity index (χ1n) is 11.5. The molecule has 13 nitrogen and oxygen atoms in total. The van der Waals surface area contributed by atoms with Gasteiger partial charge in [-0.25, -0.2) is 9.78 Å². The maximum Gasteiger partial charge on any atom is 0.326 e. The number of aliphatic carboxylic acids is 1. The molecule has 13 heteroatoms. The predicted molar refractivity (Wildman–Crippen MR) is 126 cm³/mol. The molecule has 0 fully saturated rings. The number of primary amides is 1. The third kappa shape index (κ3) is 10.1. The van der Waals surface area contributed by atoms with Crippen molar-refractivity contribution in [3.8, 4) is 0 Å². The summed E-state index contributed by atoms with van der Waals surface area (Å²) in [6.07, 6.45) is 3.15. The first kappa shape index (κ1) is 29.6. The molecule has 5 unspecified atom stereocenters. The quantitative estimate of drug-likeness (QED) is 0.156. The Morgan fingerprint density at radius 2 is 1.66 bits per heavy atom. The van der Waals surface area contributed by atoms with Crippen LogP contribution in [0, 0.1) is 11.8 Å². The minimum absolute atomic E-state index is 0.0471. The lowest BCUT2D eigenvalue weighted by molar-refractivity contribution is -0.143. The van der Waals surface area contributed by atoms with Crippen LogP contribution in [0.4, 0.5) is 0 Å². The Morgan fingerprint density at radius 1 is 1.03 bits per heavy atom. The monoisotopic (exact) mass is 495 g/mol. The number of imidazole rings is 1. The van der Waals surface area contributed by atoms with Gasteiger partial charge in [-0.3, -0.25) is 19.2 Å². The average molecular weight is 496 g/mol. The lowest BCUT2D eigenvalue weighted by atomic mass is 9.96. The molecular weight excluding hydrogens is 458 g/mol. The molecule has 9 N–H and O–H groups in total. The minimum atomic E-state index is -1.57. The van der Waals surface area contributed by atoms with E-state index in [9.17, 15) is 29.1 Å². The first-order valence-corrected chi connectivity index (χ1v) is 11.5. The summed E-state index contributed by atoms with van der Waals surface area (Å²) in [5.41, 5.74) is 11.5. The lowest BCUT2D eigenvalue weighted by Gasteiger charge is -2.28. The molecule has 0 saturated heterocycles.